The highest BCUT2D eigenvalue weighted by Gasteiger charge is 2.36. The lowest BCUT2D eigenvalue weighted by atomic mass is 9.76. The molecule has 1 aliphatic carbocycles. The van der Waals surface area contributed by atoms with Crippen LogP contribution in [0.15, 0.2) is 72.4 Å². The number of Topliss-reactive ketones (excluding diaryl/α,β-unsaturated/α-hetero) is 1. The summed E-state index contributed by atoms with van der Waals surface area (Å²) in [5.74, 6) is -0.0996. The summed E-state index contributed by atoms with van der Waals surface area (Å²) in [6.45, 7) is 0. The van der Waals surface area contributed by atoms with Gasteiger partial charge in [0.15, 0.2) is 5.78 Å². The summed E-state index contributed by atoms with van der Waals surface area (Å²) in [4.78, 5) is 13.2. The Morgan fingerprint density at radius 2 is 1.81 bits per heavy atom. The number of carbonyl (C=O) groups excluding carboxylic acids is 1. The molecule has 0 saturated heterocycles. The summed E-state index contributed by atoms with van der Waals surface area (Å²) >= 11 is 0. The third-order valence-electron chi connectivity index (χ3n) is 6.39. The minimum atomic E-state index is -0.296. The SMILES string of the molecule is O=C1CCCC2=C1[C@H](c1cn[nH]c1-c1ccc(F)cc1)Nc1ccc3ccccc3c12. The molecule has 0 bridgehead atoms. The van der Waals surface area contributed by atoms with Crippen LogP contribution in [0.1, 0.15) is 36.4 Å². The fraction of sp³-hybridized carbons (Fsp3) is 0.154. The Bertz CT molecular complexity index is 1370. The van der Waals surface area contributed by atoms with E-state index in [4.69, 9.17) is 0 Å². The van der Waals surface area contributed by atoms with Crippen molar-refractivity contribution in [1.29, 1.82) is 0 Å². The second-order valence-electron chi connectivity index (χ2n) is 8.16. The number of aromatic nitrogens is 2. The molecule has 2 heterocycles. The molecule has 0 radical (unpaired) electrons. The van der Waals surface area contributed by atoms with Gasteiger partial charge in [-0.3, -0.25) is 9.89 Å². The van der Waals surface area contributed by atoms with Crippen LogP contribution >= 0.6 is 0 Å². The van der Waals surface area contributed by atoms with Crippen LogP contribution in [0.4, 0.5) is 10.1 Å². The lowest BCUT2D eigenvalue weighted by molar-refractivity contribution is -0.116. The van der Waals surface area contributed by atoms with Crippen LogP contribution in [0.3, 0.4) is 0 Å². The molecule has 3 aromatic carbocycles. The summed E-state index contributed by atoms with van der Waals surface area (Å²) < 4.78 is 13.5. The Morgan fingerprint density at radius 3 is 2.68 bits per heavy atom. The number of halogens is 1. The molecule has 2 aliphatic rings. The van der Waals surface area contributed by atoms with Gasteiger partial charge in [-0.2, -0.15) is 5.10 Å². The summed E-state index contributed by atoms with van der Waals surface area (Å²) in [5.41, 5.74) is 6.68. The van der Waals surface area contributed by atoms with Crippen molar-refractivity contribution >= 4 is 27.8 Å². The predicted molar refractivity (Wildman–Crippen MR) is 120 cm³/mol. The largest absolute Gasteiger partial charge is 0.373 e. The van der Waals surface area contributed by atoms with E-state index in [1.54, 1.807) is 18.3 Å². The minimum absolute atomic E-state index is 0.184. The average Bonchev–Trinajstić information content (AvgIpc) is 3.28. The molecule has 0 saturated carbocycles. The first-order valence-corrected chi connectivity index (χ1v) is 10.5. The number of nitrogens with zero attached hydrogens (tertiary/aromatic N) is 1. The Hall–Kier alpha value is -3.73. The summed E-state index contributed by atoms with van der Waals surface area (Å²) in [6, 6.07) is 18.6. The van der Waals surface area contributed by atoms with Gasteiger partial charge in [-0.25, -0.2) is 4.39 Å². The number of rotatable bonds is 2. The van der Waals surface area contributed by atoms with Gasteiger partial charge >= 0.3 is 0 Å². The second kappa shape index (κ2) is 6.91. The Labute approximate surface area is 178 Å². The molecule has 31 heavy (non-hydrogen) atoms. The number of H-pyrrole nitrogens is 1. The van der Waals surface area contributed by atoms with E-state index in [9.17, 15) is 9.18 Å². The van der Waals surface area contributed by atoms with Gasteiger partial charge in [0.05, 0.1) is 17.9 Å². The van der Waals surface area contributed by atoms with Gasteiger partial charge in [-0.1, -0.05) is 30.3 Å². The van der Waals surface area contributed by atoms with E-state index in [0.29, 0.717) is 6.42 Å². The van der Waals surface area contributed by atoms with E-state index in [0.717, 1.165) is 52.1 Å². The van der Waals surface area contributed by atoms with Crippen LogP contribution in [-0.4, -0.2) is 16.0 Å². The molecule has 1 atom stereocenters. The third-order valence-corrected chi connectivity index (χ3v) is 6.39. The fourth-order valence-electron chi connectivity index (χ4n) is 5.00. The van der Waals surface area contributed by atoms with Crippen LogP contribution in [0.25, 0.3) is 27.6 Å². The van der Waals surface area contributed by atoms with E-state index in [-0.39, 0.29) is 17.6 Å². The van der Waals surface area contributed by atoms with E-state index >= 15 is 0 Å². The molecule has 4 aromatic rings. The van der Waals surface area contributed by atoms with Gasteiger partial charge in [0.2, 0.25) is 0 Å². The molecule has 0 amide bonds. The molecule has 4 nitrogen and oxygen atoms in total. The Morgan fingerprint density at radius 1 is 0.968 bits per heavy atom. The maximum absolute atomic E-state index is 13.5. The quantitative estimate of drug-likeness (QED) is 0.424. The third kappa shape index (κ3) is 2.81. The highest BCUT2D eigenvalue weighted by molar-refractivity contribution is 6.12. The van der Waals surface area contributed by atoms with E-state index in [1.165, 1.54) is 22.9 Å². The normalized spacial score (nSPS) is 18.0. The molecule has 0 unspecified atom stereocenters. The number of benzene rings is 3. The van der Waals surface area contributed by atoms with Crippen LogP contribution < -0.4 is 5.32 Å². The highest BCUT2D eigenvalue weighted by Crippen LogP contribution is 2.48. The standard InChI is InChI=1S/C26H20FN3O/c27-17-11-8-16(9-12-17)25-20(14-28-30-25)26-24-19(6-3-7-22(24)31)23-18-5-2-1-4-15(18)10-13-21(23)29-26/h1-2,4-5,8-14,26,29H,3,6-7H2,(H,28,30)/t26-/m0/s1. The van der Waals surface area contributed by atoms with Crippen molar-refractivity contribution in [2.45, 2.75) is 25.3 Å². The molecule has 2 N–H and O–H groups in total. The molecule has 5 heteroatoms. The van der Waals surface area contributed by atoms with Crippen molar-refractivity contribution in [3.8, 4) is 11.3 Å². The summed E-state index contributed by atoms with van der Waals surface area (Å²) in [6.07, 6.45) is 4.07. The summed E-state index contributed by atoms with van der Waals surface area (Å²) in [7, 11) is 0. The van der Waals surface area contributed by atoms with Gasteiger partial charge in [0, 0.05) is 34.4 Å². The maximum Gasteiger partial charge on any atom is 0.161 e. The van der Waals surface area contributed by atoms with Gasteiger partial charge in [-0.05, 0) is 59.5 Å². The predicted octanol–water partition coefficient (Wildman–Crippen LogP) is 6.04. The van der Waals surface area contributed by atoms with Crippen molar-refractivity contribution in [3.05, 3.63) is 89.4 Å². The lowest BCUT2D eigenvalue weighted by Gasteiger charge is -2.35. The number of aromatic amines is 1. The van der Waals surface area contributed by atoms with Crippen LogP contribution in [0, 0.1) is 5.82 Å². The number of hydrogen-bond donors (Lipinski definition) is 2. The van der Waals surface area contributed by atoms with E-state index in [2.05, 4.69) is 39.8 Å². The number of anilines is 1. The van der Waals surface area contributed by atoms with Crippen molar-refractivity contribution in [1.82, 2.24) is 10.2 Å². The number of fused-ring (bicyclic) bond motifs is 4. The monoisotopic (exact) mass is 409 g/mol. The van der Waals surface area contributed by atoms with Crippen LogP contribution in [0.2, 0.25) is 0 Å². The molecular weight excluding hydrogens is 389 g/mol. The van der Waals surface area contributed by atoms with Gasteiger partial charge in [-0.15, -0.1) is 0 Å². The number of nitrogens with one attached hydrogen (secondary N) is 2. The van der Waals surface area contributed by atoms with Crippen molar-refractivity contribution < 1.29 is 9.18 Å². The first-order chi connectivity index (χ1) is 15.2. The number of allylic oxidation sites excluding steroid dienone is 1. The first kappa shape index (κ1) is 18.1. The second-order valence-corrected chi connectivity index (χ2v) is 8.16. The number of hydrogen-bond acceptors (Lipinski definition) is 3. The molecule has 1 aliphatic heterocycles. The topological polar surface area (TPSA) is 57.8 Å². The molecule has 1 aromatic heterocycles. The molecule has 6 rings (SSSR count). The molecule has 152 valence electrons. The first-order valence-electron chi connectivity index (χ1n) is 10.5. The number of ketones is 1. The zero-order valence-electron chi connectivity index (χ0n) is 16.8. The Kier molecular flexibility index (Phi) is 4.03. The van der Waals surface area contributed by atoms with Crippen LogP contribution in [0.5, 0.6) is 0 Å². The van der Waals surface area contributed by atoms with Crippen molar-refractivity contribution in [2.24, 2.45) is 0 Å². The van der Waals surface area contributed by atoms with Gasteiger partial charge < -0.3 is 5.32 Å². The smallest absolute Gasteiger partial charge is 0.161 e. The minimum Gasteiger partial charge on any atom is -0.373 e. The van der Waals surface area contributed by atoms with Crippen molar-refractivity contribution in [3.63, 3.8) is 0 Å². The molecular formula is C26H20FN3O. The van der Waals surface area contributed by atoms with E-state index in [1.807, 2.05) is 12.1 Å². The van der Waals surface area contributed by atoms with Gasteiger partial charge in [0.25, 0.3) is 0 Å². The van der Waals surface area contributed by atoms with Crippen LogP contribution in [-0.2, 0) is 4.79 Å². The lowest BCUT2D eigenvalue weighted by Crippen LogP contribution is -2.27. The Balaban J connectivity index is 1.57. The zero-order chi connectivity index (χ0) is 20.9. The number of carbonyl (C=O) groups is 1. The van der Waals surface area contributed by atoms with Crippen molar-refractivity contribution in [2.75, 3.05) is 5.32 Å². The highest BCUT2D eigenvalue weighted by atomic mass is 19.1. The maximum atomic E-state index is 13.5. The van der Waals surface area contributed by atoms with Gasteiger partial charge in [0.1, 0.15) is 5.82 Å². The zero-order valence-corrected chi connectivity index (χ0v) is 16.8. The fourth-order valence-corrected chi connectivity index (χ4v) is 5.00. The van der Waals surface area contributed by atoms with E-state index < -0.39 is 0 Å². The molecule has 0 fully saturated rings. The average molecular weight is 409 g/mol. The molecule has 0 spiro atoms. The summed E-state index contributed by atoms with van der Waals surface area (Å²) in [5, 5.41) is 13.3.